The number of methoxy groups -OCH3 is 1. The highest BCUT2D eigenvalue weighted by Gasteiger charge is 2.35. The predicted molar refractivity (Wildman–Crippen MR) is 141 cm³/mol. The molecule has 3 aromatic rings. The zero-order chi connectivity index (χ0) is 24.9. The third kappa shape index (κ3) is 5.82. The number of nitro groups is 1. The summed E-state index contributed by atoms with van der Waals surface area (Å²) in [5.41, 5.74) is 1.94. The maximum Gasteiger partial charge on any atom is 0.293 e. The van der Waals surface area contributed by atoms with Gasteiger partial charge in [-0.3, -0.25) is 24.6 Å². The number of nitro benzene ring substituents is 1. The van der Waals surface area contributed by atoms with E-state index in [4.69, 9.17) is 9.47 Å². The molecule has 10 heteroatoms. The van der Waals surface area contributed by atoms with Crippen molar-refractivity contribution < 1.29 is 24.0 Å². The van der Waals surface area contributed by atoms with E-state index in [1.165, 1.54) is 18.1 Å². The van der Waals surface area contributed by atoms with E-state index in [0.29, 0.717) is 27.5 Å². The van der Waals surface area contributed by atoms with Crippen LogP contribution < -0.4 is 9.47 Å². The molecule has 0 aromatic heterocycles. The van der Waals surface area contributed by atoms with Crippen LogP contribution in [0.1, 0.15) is 16.7 Å². The monoisotopic (exact) mass is 602 g/mol. The van der Waals surface area contributed by atoms with Crippen molar-refractivity contribution in [3.05, 3.63) is 102 Å². The summed E-state index contributed by atoms with van der Waals surface area (Å²) in [6.45, 7) is 0.199. The normalized spacial score (nSPS) is 14.5. The van der Waals surface area contributed by atoms with Crippen LogP contribution in [0.4, 0.5) is 10.5 Å². The second kappa shape index (κ2) is 10.9. The molecule has 178 valence electrons. The molecule has 1 aliphatic rings. The smallest absolute Gasteiger partial charge is 0.293 e. The molecule has 0 saturated carbocycles. The Hall–Kier alpha value is -3.38. The first kappa shape index (κ1) is 24.7. The quantitative estimate of drug-likeness (QED) is 0.135. The number of imide groups is 1. The van der Waals surface area contributed by atoms with Crippen LogP contribution >= 0.6 is 34.4 Å². The Balaban J connectivity index is 1.49. The average molecular weight is 602 g/mol. The van der Waals surface area contributed by atoms with Gasteiger partial charge in [0.25, 0.3) is 16.8 Å². The molecule has 8 nitrogen and oxygen atoms in total. The first-order valence-corrected chi connectivity index (χ1v) is 12.3. The summed E-state index contributed by atoms with van der Waals surface area (Å²) in [4.78, 5) is 37.6. The van der Waals surface area contributed by atoms with E-state index in [2.05, 4.69) is 22.6 Å². The molecule has 1 fully saturated rings. The van der Waals surface area contributed by atoms with Gasteiger partial charge < -0.3 is 9.47 Å². The molecule has 0 atom stereocenters. The number of nitrogens with zero attached hydrogens (tertiary/aromatic N) is 2. The van der Waals surface area contributed by atoms with Gasteiger partial charge in [0.05, 0.1) is 29.0 Å². The van der Waals surface area contributed by atoms with Gasteiger partial charge in [-0.05, 0) is 81.9 Å². The number of hydrogen-bond acceptors (Lipinski definition) is 7. The number of hydrogen-bond donors (Lipinski definition) is 0. The summed E-state index contributed by atoms with van der Waals surface area (Å²) in [7, 11) is 1.48. The molecule has 35 heavy (non-hydrogen) atoms. The number of carbonyl (C=O) groups excluding carboxylic acids is 2. The Bertz CT molecular complexity index is 1330. The van der Waals surface area contributed by atoms with Crippen molar-refractivity contribution in [2.75, 3.05) is 7.11 Å². The third-order valence-corrected chi connectivity index (χ3v) is 6.81. The standard InChI is InChI=1S/C25H19IN2O6S/c1-33-22-12-17(8-11-21(22)34-15-18-4-2-3-5-20(18)28(31)32)13-23-24(29)27(25(30)35-23)14-16-6-9-19(26)10-7-16/h2-13H,14-15H2,1H3/b23-13-. The molecule has 0 aliphatic carbocycles. The molecule has 0 radical (unpaired) electrons. The van der Waals surface area contributed by atoms with Crippen LogP contribution in [0.2, 0.25) is 0 Å². The second-order valence-electron chi connectivity index (χ2n) is 7.48. The molecule has 0 spiro atoms. The molecule has 3 aromatic carbocycles. The minimum absolute atomic E-state index is 0.00964. The Labute approximate surface area is 219 Å². The number of amides is 2. The van der Waals surface area contributed by atoms with Crippen LogP contribution in [0.5, 0.6) is 11.5 Å². The van der Waals surface area contributed by atoms with Gasteiger partial charge in [-0.2, -0.15) is 0 Å². The highest BCUT2D eigenvalue weighted by molar-refractivity contribution is 14.1. The van der Waals surface area contributed by atoms with Crippen LogP contribution in [0.3, 0.4) is 0 Å². The largest absolute Gasteiger partial charge is 0.493 e. The fourth-order valence-corrected chi connectivity index (χ4v) is 4.62. The molecule has 1 heterocycles. The summed E-state index contributed by atoms with van der Waals surface area (Å²) >= 11 is 3.09. The fraction of sp³-hybridized carbons (Fsp3) is 0.120. The van der Waals surface area contributed by atoms with Crippen molar-refractivity contribution >= 4 is 57.3 Å². The van der Waals surface area contributed by atoms with Crippen molar-refractivity contribution in [2.24, 2.45) is 0 Å². The van der Waals surface area contributed by atoms with Crippen molar-refractivity contribution in [3.63, 3.8) is 0 Å². The van der Waals surface area contributed by atoms with Gasteiger partial charge in [-0.25, -0.2) is 0 Å². The molecule has 0 unspecified atom stereocenters. The Morgan fingerprint density at radius 3 is 2.51 bits per heavy atom. The highest BCUT2D eigenvalue weighted by atomic mass is 127. The van der Waals surface area contributed by atoms with Gasteiger partial charge in [0.1, 0.15) is 6.61 Å². The predicted octanol–water partition coefficient (Wildman–Crippen LogP) is 6.02. The van der Waals surface area contributed by atoms with Crippen molar-refractivity contribution in [2.45, 2.75) is 13.2 Å². The molecule has 0 N–H and O–H groups in total. The van der Waals surface area contributed by atoms with E-state index in [1.54, 1.807) is 42.5 Å². The maximum absolute atomic E-state index is 12.9. The topological polar surface area (TPSA) is 99.0 Å². The Morgan fingerprint density at radius 2 is 1.80 bits per heavy atom. The van der Waals surface area contributed by atoms with Gasteiger partial charge in [0, 0.05) is 9.64 Å². The average Bonchev–Trinajstić information content (AvgIpc) is 3.11. The maximum atomic E-state index is 12.9. The number of benzene rings is 3. The number of carbonyl (C=O) groups is 2. The van der Waals surface area contributed by atoms with Crippen molar-refractivity contribution in [3.8, 4) is 11.5 Å². The highest BCUT2D eigenvalue weighted by Crippen LogP contribution is 2.35. The number of thioether (sulfide) groups is 1. The minimum Gasteiger partial charge on any atom is -0.493 e. The number of ether oxygens (including phenoxy) is 2. The number of halogens is 1. The molecule has 4 rings (SSSR count). The minimum atomic E-state index is -0.454. The van der Waals surface area contributed by atoms with Crippen molar-refractivity contribution in [1.29, 1.82) is 0 Å². The van der Waals surface area contributed by atoms with Gasteiger partial charge in [-0.1, -0.05) is 30.3 Å². The lowest BCUT2D eigenvalue weighted by molar-refractivity contribution is -0.385. The van der Waals surface area contributed by atoms with E-state index in [0.717, 1.165) is 20.9 Å². The van der Waals surface area contributed by atoms with Crippen LogP contribution in [0.15, 0.2) is 71.6 Å². The molecule has 0 bridgehead atoms. The summed E-state index contributed by atoms with van der Waals surface area (Å²) in [5.74, 6) is 0.444. The zero-order valence-electron chi connectivity index (χ0n) is 18.5. The summed E-state index contributed by atoms with van der Waals surface area (Å²) in [6.07, 6.45) is 1.63. The van der Waals surface area contributed by atoms with E-state index < -0.39 is 4.92 Å². The zero-order valence-corrected chi connectivity index (χ0v) is 21.4. The van der Waals surface area contributed by atoms with Crippen LogP contribution in [0, 0.1) is 13.7 Å². The molecule has 1 saturated heterocycles. The Kier molecular flexibility index (Phi) is 7.71. The Morgan fingerprint density at radius 1 is 1.06 bits per heavy atom. The first-order chi connectivity index (χ1) is 16.9. The fourth-order valence-electron chi connectivity index (χ4n) is 3.42. The summed E-state index contributed by atoms with van der Waals surface area (Å²) in [6, 6.07) is 19.1. The van der Waals surface area contributed by atoms with Gasteiger partial charge >= 0.3 is 0 Å². The summed E-state index contributed by atoms with van der Waals surface area (Å²) in [5, 5.41) is 10.9. The number of rotatable bonds is 8. The van der Waals surface area contributed by atoms with Gasteiger partial charge in [0.15, 0.2) is 11.5 Å². The molecule has 2 amide bonds. The van der Waals surface area contributed by atoms with Crippen LogP contribution in [0.25, 0.3) is 6.08 Å². The molecular weight excluding hydrogens is 583 g/mol. The lowest BCUT2D eigenvalue weighted by atomic mass is 10.1. The third-order valence-electron chi connectivity index (χ3n) is 5.18. The van der Waals surface area contributed by atoms with Crippen molar-refractivity contribution in [1.82, 2.24) is 4.90 Å². The van der Waals surface area contributed by atoms with Crippen LogP contribution in [-0.2, 0) is 17.9 Å². The second-order valence-corrected chi connectivity index (χ2v) is 9.72. The van der Waals surface area contributed by atoms with Gasteiger partial charge in [-0.15, -0.1) is 0 Å². The van der Waals surface area contributed by atoms with Gasteiger partial charge in [0.2, 0.25) is 0 Å². The molecule has 1 aliphatic heterocycles. The first-order valence-electron chi connectivity index (χ1n) is 10.4. The lowest BCUT2D eigenvalue weighted by Crippen LogP contribution is -2.27. The SMILES string of the molecule is COc1cc(/C=C2\SC(=O)N(Cc3ccc(I)cc3)C2=O)ccc1OCc1ccccc1[N+](=O)[O-]. The lowest BCUT2D eigenvalue weighted by Gasteiger charge is -2.12. The summed E-state index contributed by atoms with van der Waals surface area (Å²) < 4.78 is 12.3. The van der Waals surface area contributed by atoms with Crippen LogP contribution in [-0.4, -0.2) is 28.1 Å². The van der Waals surface area contributed by atoms with E-state index >= 15 is 0 Å². The van der Waals surface area contributed by atoms with E-state index in [9.17, 15) is 19.7 Å². The number of para-hydroxylation sites is 1. The van der Waals surface area contributed by atoms with E-state index in [1.807, 2.05) is 24.3 Å². The molecular formula is C25H19IN2O6S. The van der Waals surface area contributed by atoms with E-state index in [-0.39, 0.29) is 30.0 Å².